The molecule has 0 aliphatic carbocycles. The van der Waals surface area contributed by atoms with Gasteiger partial charge in [-0.25, -0.2) is 9.07 Å². The summed E-state index contributed by atoms with van der Waals surface area (Å²) in [6, 6.07) is 10.4. The van der Waals surface area contributed by atoms with Gasteiger partial charge in [-0.2, -0.15) is 5.10 Å². The van der Waals surface area contributed by atoms with E-state index in [0.29, 0.717) is 49.7 Å². The van der Waals surface area contributed by atoms with Gasteiger partial charge in [0.05, 0.1) is 29.5 Å². The summed E-state index contributed by atoms with van der Waals surface area (Å²) in [5, 5.41) is 15.0. The Balaban J connectivity index is 1.37. The lowest BCUT2D eigenvalue weighted by molar-refractivity contribution is -0.384. The number of amides is 1. The van der Waals surface area contributed by atoms with Crippen LogP contribution in [-0.4, -0.2) is 63.7 Å². The number of piperazine rings is 1. The van der Waals surface area contributed by atoms with E-state index in [1.807, 2.05) is 0 Å². The lowest BCUT2D eigenvalue weighted by atomic mass is 10.1. The third-order valence-corrected chi connectivity index (χ3v) is 5.45. The smallest absolute Gasteiger partial charge is 0.269 e. The van der Waals surface area contributed by atoms with Crippen LogP contribution in [0.25, 0.3) is 5.69 Å². The maximum atomic E-state index is 13.6. The van der Waals surface area contributed by atoms with E-state index in [2.05, 4.69) is 10.00 Å². The fourth-order valence-electron chi connectivity index (χ4n) is 3.70. The maximum Gasteiger partial charge on any atom is 0.269 e. The highest BCUT2D eigenvalue weighted by molar-refractivity contribution is 5.93. The van der Waals surface area contributed by atoms with Crippen LogP contribution in [0.5, 0.6) is 5.75 Å². The Morgan fingerprint density at radius 1 is 1.16 bits per heavy atom. The van der Waals surface area contributed by atoms with Gasteiger partial charge in [-0.3, -0.25) is 19.8 Å². The predicted molar refractivity (Wildman–Crippen MR) is 114 cm³/mol. The standard InChI is InChI=1S/C22H22FN5O4/c1-32-21-7-2-18(23)12-16(21)14-25-8-10-26(11-9-25)22(29)17-13-24-27(15-17)19-3-5-20(6-4-19)28(30)31/h2-7,12-13,15H,8-11,14H2,1H3. The van der Waals surface area contributed by atoms with Crippen LogP contribution < -0.4 is 4.74 Å². The molecule has 10 heteroatoms. The number of carbonyl (C=O) groups is 1. The molecule has 9 nitrogen and oxygen atoms in total. The van der Waals surface area contributed by atoms with Gasteiger partial charge >= 0.3 is 0 Å². The number of benzene rings is 2. The molecule has 0 atom stereocenters. The van der Waals surface area contributed by atoms with Gasteiger partial charge in [-0.05, 0) is 30.3 Å². The van der Waals surface area contributed by atoms with Gasteiger partial charge in [0.15, 0.2) is 0 Å². The third-order valence-electron chi connectivity index (χ3n) is 5.45. The highest BCUT2D eigenvalue weighted by atomic mass is 19.1. The summed E-state index contributed by atoms with van der Waals surface area (Å²) in [5.41, 5.74) is 1.84. The van der Waals surface area contributed by atoms with Gasteiger partial charge in [0.2, 0.25) is 0 Å². The normalized spacial score (nSPS) is 14.4. The van der Waals surface area contributed by atoms with Crippen molar-refractivity contribution in [2.75, 3.05) is 33.3 Å². The lowest BCUT2D eigenvalue weighted by Crippen LogP contribution is -2.48. The van der Waals surface area contributed by atoms with Crippen molar-refractivity contribution in [3.8, 4) is 11.4 Å². The van der Waals surface area contributed by atoms with E-state index < -0.39 is 4.92 Å². The number of aromatic nitrogens is 2. The largest absolute Gasteiger partial charge is 0.496 e. The van der Waals surface area contributed by atoms with E-state index in [9.17, 15) is 19.3 Å². The van der Waals surface area contributed by atoms with Crippen molar-refractivity contribution in [1.29, 1.82) is 0 Å². The number of carbonyl (C=O) groups excluding carboxylic acids is 1. The SMILES string of the molecule is COc1ccc(F)cc1CN1CCN(C(=O)c2cnn(-c3ccc([N+](=O)[O-])cc3)c2)CC1. The summed E-state index contributed by atoms with van der Waals surface area (Å²) in [6.07, 6.45) is 3.11. The van der Waals surface area contributed by atoms with Crippen LogP contribution >= 0.6 is 0 Å². The summed E-state index contributed by atoms with van der Waals surface area (Å²) in [5.74, 6) is 0.212. The molecule has 0 bridgehead atoms. The monoisotopic (exact) mass is 439 g/mol. The minimum Gasteiger partial charge on any atom is -0.496 e. The molecular weight excluding hydrogens is 417 g/mol. The van der Waals surface area contributed by atoms with Crippen LogP contribution in [0.2, 0.25) is 0 Å². The van der Waals surface area contributed by atoms with Crippen molar-refractivity contribution in [1.82, 2.24) is 19.6 Å². The highest BCUT2D eigenvalue weighted by Crippen LogP contribution is 2.22. The van der Waals surface area contributed by atoms with Crippen LogP contribution in [0.1, 0.15) is 15.9 Å². The van der Waals surface area contributed by atoms with Crippen molar-refractivity contribution in [2.45, 2.75) is 6.54 Å². The molecule has 2 heterocycles. The highest BCUT2D eigenvalue weighted by Gasteiger charge is 2.24. The Labute approximate surface area is 183 Å². The minimum absolute atomic E-state index is 0.00839. The zero-order valence-corrected chi connectivity index (χ0v) is 17.5. The molecule has 1 saturated heterocycles. The molecule has 3 aromatic rings. The molecule has 0 saturated carbocycles. The zero-order chi connectivity index (χ0) is 22.7. The number of hydrogen-bond donors (Lipinski definition) is 0. The molecule has 166 valence electrons. The van der Waals surface area contributed by atoms with Crippen molar-refractivity contribution in [3.63, 3.8) is 0 Å². The molecule has 4 rings (SSSR count). The number of ether oxygens (including phenoxy) is 1. The summed E-state index contributed by atoms with van der Waals surface area (Å²) < 4.78 is 20.4. The zero-order valence-electron chi connectivity index (χ0n) is 17.5. The maximum absolute atomic E-state index is 13.6. The first-order valence-corrected chi connectivity index (χ1v) is 10.1. The van der Waals surface area contributed by atoms with Crippen LogP contribution in [0.15, 0.2) is 54.9 Å². The Kier molecular flexibility index (Phi) is 6.13. The van der Waals surface area contributed by atoms with E-state index in [1.54, 1.807) is 36.4 Å². The van der Waals surface area contributed by atoms with Gasteiger partial charge in [0.1, 0.15) is 11.6 Å². The summed E-state index contributed by atoms with van der Waals surface area (Å²) in [7, 11) is 1.56. The fourth-order valence-corrected chi connectivity index (χ4v) is 3.70. The second-order valence-corrected chi connectivity index (χ2v) is 7.47. The first-order valence-electron chi connectivity index (χ1n) is 10.1. The van der Waals surface area contributed by atoms with Gasteiger partial charge in [0.25, 0.3) is 11.6 Å². The number of hydrogen-bond acceptors (Lipinski definition) is 6. The Morgan fingerprint density at radius 2 is 1.88 bits per heavy atom. The average molecular weight is 439 g/mol. The quantitative estimate of drug-likeness (QED) is 0.433. The molecule has 1 aromatic heterocycles. The number of halogens is 1. The number of nitro benzene ring substituents is 1. The number of nitro groups is 1. The third kappa shape index (κ3) is 4.59. The summed E-state index contributed by atoms with van der Waals surface area (Å²) in [4.78, 5) is 27.1. The molecule has 0 radical (unpaired) electrons. The molecule has 1 fully saturated rings. The molecule has 1 amide bonds. The van der Waals surface area contributed by atoms with E-state index >= 15 is 0 Å². The molecular formula is C22H22FN5O4. The fraction of sp³-hybridized carbons (Fsp3) is 0.273. The molecule has 0 unspecified atom stereocenters. The average Bonchev–Trinajstić information content (AvgIpc) is 3.30. The van der Waals surface area contributed by atoms with Crippen LogP contribution in [0.3, 0.4) is 0 Å². The Bertz CT molecular complexity index is 1120. The molecule has 1 aliphatic heterocycles. The number of non-ortho nitro benzene ring substituents is 1. The topological polar surface area (TPSA) is 93.7 Å². The Morgan fingerprint density at radius 3 is 2.53 bits per heavy atom. The number of rotatable bonds is 6. The van der Waals surface area contributed by atoms with Gasteiger partial charge in [-0.1, -0.05) is 0 Å². The van der Waals surface area contributed by atoms with E-state index in [0.717, 1.165) is 5.56 Å². The first kappa shape index (κ1) is 21.4. The van der Waals surface area contributed by atoms with Crippen LogP contribution in [0.4, 0.5) is 10.1 Å². The lowest BCUT2D eigenvalue weighted by Gasteiger charge is -2.34. The van der Waals surface area contributed by atoms with Gasteiger partial charge in [-0.15, -0.1) is 0 Å². The van der Waals surface area contributed by atoms with Crippen molar-refractivity contribution in [3.05, 3.63) is 81.9 Å². The molecule has 0 spiro atoms. The van der Waals surface area contributed by atoms with E-state index in [1.165, 1.54) is 35.1 Å². The van der Waals surface area contributed by atoms with Crippen LogP contribution in [0, 0.1) is 15.9 Å². The second kappa shape index (κ2) is 9.15. The van der Waals surface area contributed by atoms with Crippen molar-refractivity contribution in [2.24, 2.45) is 0 Å². The Hall–Kier alpha value is -3.79. The molecule has 32 heavy (non-hydrogen) atoms. The summed E-state index contributed by atoms with van der Waals surface area (Å²) >= 11 is 0. The first-order chi connectivity index (χ1) is 15.4. The molecule has 1 aliphatic rings. The predicted octanol–water partition coefficient (Wildman–Crippen LogP) is 2.89. The van der Waals surface area contributed by atoms with Gasteiger partial charge < -0.3 is 9.64 Å². The number of nitrogens with zero attached hydrogens (tertiary/aromatic N) is 5. The molecule has 2 aromatic carbocycles. The van der Waals surface area contributed by atoms with Crippen LogP contribution in [-0.2, 0) is 6.54 Å². The van der Waals surface area contributed by atoms with E-state index in [4.69, 9.17) is 4.74 Å². The number of methoxy groups -OCH3 is 1. The van der Waals surface area contributed by atoms with Crippen molar-refractivity contribution < 1.29 is 18.8 Å². The van der Waals surface area contributed by atoms with E-state index in [-0.39, 0.29) is 17.4 Å². The van der Waals surface area contributed by atoms with Gasteiger partial charge in [0, 0.05) is 56.6 Å². The second-order valence-electron chi connectivity index (χ2n) is 7.47. The van der Waals surface area contributed by atoms with Crippen molar-refractivity contribution >= 4 is 11.6 Å². The molecule has 0 N–H and O–H groups in total. The summed E-state index contributed by atoms with van der Waals surface area (Å²) in [6.45, 7) is 2.93. The minimum atomic E-state index is -0.466.